The Morgan fingerprint density at radius 2 is 2.13 bits per heavy atom. The third kappa shape index (κ3) is 1.92. The van der Waals surface area contributed by atoms with E-state index in [9.17, 15) is 0 Å². The summed E-state index contributed by atoms with van der Waals surface area (Å²) in [4.78, 5) is 0. The SMILES string of the molecule is NC1(Cc2ccc3c(c2)CCOC3)CC1. The number of rotatable bonds is 2. The van der Waals surface area contributed by atoms with E-state index in [2.05, 4.69) is 18.2 Å². The molecule has 1 aromatic rings. The van der Waals surface area contributed by atoms with Gasteiger partial charge >= 0.3 is 0 Å². The first-order valence-electron chi connectivity index (χ1n) is 5.73. The van der Waals surface area contributed by atoms with Gasteiger partial charge in [0.2, 0.25) is 0 Å². The maximum Gasteiger partial charge on any atom is 0.0719 e. The van der Waals surface area contributed by atoms with Crippen LogP contribution in [0.5, 0.6) is 0 Å². The molecular formula is C13H17NO. The molecule has 1 heterocycles. The minimum Gasteiger partial charge on any atom is -0.376 e. The molecular weight excluding hydrogens is 186 g/mol. The first kappa shape index (κ1) is 9.37. The molecule has 0 aromatic heterocycles. The molecule has 0 amide bonds. The van der Waals surface area contributed by atoms with Crippen molar-refractivity contribution in [1.82, 2.24) is 0 Å². The summed E-state index contributed by atoms with van der Waals surface area (Å²) in [5.74, 6) is 0. The van der Waals surface area contributed by atoms with E-state index >= 15 is 0 Å². The number of fused-ring (bicyclic) bond motifs is 1. The maximum atomic E-state index is 6.13. The van der Waals surface area contributed by atoms with Crippen molar-refractivity contribution in [3.8, 4) is 0 Å². The number of nitrogens with two attached hydrogens (primary N) is 1. The Morgan fingerprint density at radius 3 is 2.93 bits per heavy atom. The lowest BCUT2D eigenvalue weighted by Crippen LogP contribution is -2.24. The van der Waals surface area contributed by atoms with Crippen LogP contribution in [0.1, 0.15) is 29.5 Å². The van der Waals surface area contributed by atoms with Crippen molar-refractivity contribution in [2.24, 2.45) is 5.73 Å². The summed E-state index contributed by atoms with van der Waals surface area (Å²) in [7, 11) is 0. The summed E-state index contributed by atoms with van der Waals surface area (Å²) in [6, 6.07) is 6.74. The van der Waals surface area contributed by atoms with Crippen LogP contribution in [0.3, 0.4) is 0 Å². The summed E-state index contributed by atoms with van der Waals surface area (Å²) in [5.41, 5.74) is 10.5. The molecule has 1 saturated carbocycles. The van der Waals surface area contributed by atoms with Gasteiger partial charge in [-0.15, -0.1) is 0 Å². The average Bonchev–Trinajstić information content (AvgIpc) is 2.96. The van der Waals surface area contributed by atoms with Crippen LogP contribution >= 0.6 is 0 Å². The fourth-order valence-electron chi connectivity index (χ4n) is 2.27. The Kier molecular flexibility index (Phi) is 2.08. The second-order valence-electron chi connectivity index (χ2n) is 4.94. The van der Waals surface area contributed by atoms with Crippen LogP contribution in [0, 0.1) is 0 Å². The molecule has 2 nitrogen and oxygen atoms in total. The van der Waals surface area contributed by atoms with E-state index in [4.69, 9.17) is 10.5 Å². The Balaban J connectivity index is 1.84. The number of hydrogen-bond donors (Lipinski definition) is 1. The highest BCUT2D eigenvalue weighted by Crippen LogP contribution is 2.36. The largest absolute Gasteiger partial charge is 0.376 e. The Bertz CT molecular complexity index is 382. The van der Waals surface area contributed by atoms with Crippen LogP contribution in [0.4, 0.5) is 0 Å². The zero-order valence-electron chi connectivity index (χ0n) is 8.96. The molecule has 0 radical (unpaired) electrons. The lowest BCUT2D eigenvalue weighted by atomic mass is 9.96. The summed E-state index contributed by atoms with van der Waals surface area (Å²) in [6.07, 6.45) is 4.47. The van der Waals surface area contributed by atoms with Gasteiger partial charge in [-0.1, -0.05) is 18.2 Å². The molecule has 1 aliphatic heterocycles. The van der Waals surface area contributed by atoms with E-state index in [1.54, 1.807) is 0 Å². The van der Waals surface area contributed by atoms with Crippen molar-refractivity contribution in [1.29, 1.82) is 0 Å². The molecule has 80 valence electrons. The van der Waals surface area contributed by atoms with Gasteiger partial charge in [-0.2, -0.15) is 0 Å². The van der Waals surface area contributed by atoms with E-state index < -0.39 is 0 Å². The second-order valence-corrected chi connectivity index (χ2v) is 4.94. The van der Waals surface area contributed by atoms with Crippen molar-refractivity contribution in [2.45, 2.75) is 37.8 Å². The molecule has 15 heavy (non-hydrogen) atoms. The monoisotopic (exact) mass is 203 g/mol. The van der Waals surface area contributed by atoms with Crippen molar-refractivity contribution in [3.05, 3.63) is 34.9 Å². The normalized spacial score (nSPS) is 22.2. The predicted molar refractivity (Wildman–Crippen MR) is 59.7 cm³/mol. The molecule has 0 atom stereocenters. The molecule has 0 saturated heterocycles. The molecule has 2 N–H and O–H groups in total. The van der Waals surface area contributed by atoms with E-state index in [0.29, 0.717) is 0 Å². The van der Waals surface area contributed by atoms with Crippen molar-refractivity contribution >= 4 is 0 Å². The highest BCUT2D eigenvalue weighted by atomic mass is 16.5. The number of ether oxygens (including phenoxy) is 1. The minimum atomic E-state index is 0.124. The van der Waals surface area contributed by atoms with Gasteiger partial charge in [0.1, 0.15) is 0 Å². The van der Waals surface area contributed by atoms with Crippen LogP contribution < -0.4 is 5.73 Å². The lowest BCUT2D eigenvalue weighted by Gasteiger charge is -2.18. The molecule has 1 aliphatic carbocycles. The van der Waals surface area contributed by atoms with Crippen molar-refractivity contribution in [2.75, 3.05) is 6.61 Å². The zero-order chi connectivity index (χ0) is 10.3. The molecule has 3 rings (SSSR count). The van der Waals surface area contributed by atoms with Gasteiger partial charge in [-0.05, 0) is 42.4 Å². The summed E-state index contributed by atoms with van der Waals surface area (Å²) >= 11 is 0. The lowest BCUT2D eigenvalue weighted by molar-refractivity contribution is 0.110. The first-order chi connectivity index (χ1) is 7.25. The topological polar surface area (TPSA) is 35.2 Å². The quantitative estimate of drug-likeness (QED) is 0.795. The molecule has 1 aromatic carbocycles. The third-order valence-electron chi connectivity index (χ3n) is 3.49. The molecule has 2 heteroatoms. The van der Waals surface area contributed by atoms with Gasteiger partial charge in [0, 0.05) is 5.54 Å². The Hall–Kier alpha value is -0.860. The number of hydrogen-bond acceptors (Lipinski definition) is 2. The van der Waals surface area contributed by atoms with E-state index in [1.807, 2.05) is 0 Å². The Morgan fingerprint density at radius 1 is 1.27 bits per heavy atom. The fourth-order valence-corrected chi connectivity index (χ4v) is 2.27. The van der Waals surface area contributed by atoms with Gasteiger partial charge in [0.25, 0.3) is 0 Å². The van der Waals surface area contributed by atoms with Crippen LogP contribution in [0.15, 0.2) is 18.2 Å². The second kappa shape index (κ2) is 3.32. The molecule has 2 aliphatic rings. The summed E-state index contributed by atoms with van der Waals surface area (Å²) in [5, 5.41) is 0. The van der Waals surface area contributed by atoms with Gasteiger partial charge in [0.15, 0.2) is 0 Å². The van der Waals surface area contributed by atoms with Crippen LogP contribution in [0.2, 0.25) is 0 Å². The van der Waals surface area contributed by atoms with Crippen molar-refractivity contribution in [3.63, 3.8) is 0 Å². The van der Waals surface area contributed by atoms with Crippen LogP contribution in [-0.4, -0.2) is 12.1 Å². The fraction of sp³-hybridized carbons (Fsp3) is 0.538. The van der Waals surface area contributed by atoms with Crippen molar-refractivity contribution < 1.29 is 4.74 Å². The van der Waals surface area contributed by atoms with E-state index in [-0.39, 0.29) is 5.54 Å². The molecule has 0 spiro atoms. The Labute approximate surface area is 90.4 Å². The zero-order valence-corrected chi connectivity index (χ0v) is 8.96. The smallest absolute Gasteiger partial charge is 0.0719 e. The van der Waals surface area contributed by atoms with Gasteiger partial charge < -0.3 is 10.5 Å². The van der Waals surface area contributed by atoms with E-state index in [0.717, 1.165) is 26.1 Å². The standard InChI is InChI=1S/C13H17NO/c14-13(4-5-13)8-10-1-2-12-9-15-6-3-11(12)7-10/h1-2,7H,3-6,8-9,14H2. The van der Waals surface area contributed by atoms with Gasteiger partial charge in [0.05, 0.1) is 13.2 Å². The van der Waals surface area contributed by atoms with Gasteiger partial charge in [-0.3, -0.25) is 0 Å². The van der Waals surface area contributed by atoms with Crippen LogP contribution in [0.25, 0.3) is 0 Å². The van der Waals surface area contributed by atoms with Crippen LogP contribution in [-0.2, 0) is 24.2 Å². The van der Waals surface area contributed by atoms with Gasteiger partial charge in [-0.25, -0.2) is 0 Å². The minimum absolute atomic E-state index is 0.124. The number of benzene rings is 1. The van der Waals surface area contributed by atoms with E-state index in [1.165, 1.54) is 29.5 Å². The predicted octanol–water partition coefficient (Wildman–Crippen LogP) is 1.79. The highest BCUT2D eigenvalue weighted by Gasteiger charge is 2.37. The summed E-state index contributed by atoms with van der Waals surface area (Å²) in [6.45, 7) is 1.65. The first-order valence-corrected chi connectivity index (χ1v) is 5.73. The molecule has 0 unspecified atom stereocenters. The highest BCUT2D eigenvalue weighted by molar-refractivity contribution is 5.34. The summed E-state index contributed by atoms with van der Waals surface area (Å²) < 4.78 is 5.42. The molecule has 1 fully saturated rings. The maximum absolute atomic E-state index is 6.13. The molecule has 0 bridgehead atoms. The third-order valence-corrected chi connectivity index (χ3v) is 3.49. The average molecular weight is 203 g/mol.